The number of carbonyl (C=O) groups is 2. The van der Waals surface area contributed by atoms with E-state index in [1.54, 1.807) is 26.4 Å². The molecule has 0 bridgehead atoms. The number of ketones is 1. The molecule has 0 unspecified atom stereocenters. The van der Waals surface area contributed by atoms with E-state index in [-0.39, 0.29) is 5.78 Å². The minimum atomic E-state index is -0.521. The van der Waals surface area contributed by atoms with E-state index in [1.165, 1.54) is 7.11 Å². The zero-order chi connectivity index (χ0) is 18.8. The summed E-state index contributed by atoms with van der Waals surface area (Å²) in [7, 11) is 4.48. The molecule has 1 aliphatic carbocycles. The van der Waals surface area contributed by atoms with E-state index in [9.17, 15) is 9.59 Å². The summed E-state index contributed by atoms with van der Waals surface area (Å²) in [6, 6.07) is 5.41. The molecular formula is C20H23NO5. The van der Waals surface area contributed by atoms with Crippen LogP contribution < -0.4 is 14.8 Å². The smallest absolute Gasteiger partial charge is 0.336 e. The quantitative estimate of drug-likeness (QED) is 0.836. The molecule has 0 spiro atoms. The van der Waals surface area contributed by atoms with Crippen molar-refractivity contribution in [1.82, 2.24) is 5.32 Å². The van der Waals surface area contributed by atoms with Gasteiger partial charge in [0.1, 0.15) is 11.5 Å². The molecule has 6 nitrogen and oxygen atoms in total. The van der Waals surface area contributed by atoms with Gasteiger partial charge in [-0.3, -0.25) is 4.79 Å². The summed E-state index contributed by atoms with van der Waals surface area (Å²) in [5, 5.41) is 3.25. The topological polar surface area (TPSA) is 73.9 Å². The minimum Gasteiger partial charge on any atom is -0.497 e. The molecule has 2 aliphatic rings. The monoisotopic (exact) mass is 357 g/mol. The number of ether oxygens (including phenoxy) is 3. The molecular weight excluding hydrogens is 334 g/mol. The maximum Gasteiger partial charge on any atom is 0.336 e. The van der Waals surface area contributed by atoms with Crippen molar-refractivity contribution in [2.75, 3.05) is 21.3 Å². The third-order valence-electron chi connectivity index (χ3n) is 4.93. The fourth-order valence-electron chi connectivity index (χ4n) is 3.73. The van der Waals surface area contributed by atoms with Gasteiger partial charge in [-0.05, 0) is 25.8 Å². The van der Waals surface area contributed by atoms with Crippen LogP contribution in [-0.4, -0.2) is 33.1 Å². The summed E-state index contributed by atoms with van der Waals surface area (Å²) in [5.74, 6) is 0.283. The van der Waals surface area contributed by atoms with Gasteiger partial charge in [0.2, 0.25) is 0 Å². The van der Waals surface area contributed by atoms with Crippen molar-refractivity contribution in [2.45, 2.75) is 32.1 Å². The third kappa shape index (κ3) is 2.96. The van der Waals surface area contributed by atoms with Crippen molar-refractivity contribution in [2.24, 2.45) is 0 Å². The van der Waals surface area contributed by atoms with E-state index in [0.29, 0.717) is 34.8 Å². The second-order valence-electron chi connectivity index (χ2n) is 6.37. The van der Waals surface area contributed by atoms with Crippen LogP contribution in [0.5, 0.6) is 11.5 Å². The van der Waals surface area contributed by atoms with Crippen LogP contribution in [0.1, 0.15) is 37.7 Å². The van der Waals surface area contributed by atoms with Crippen molar-refractivity contribution < 1.29 is 23.8 Å². The Morgan fingerprint density at radius 3 is 2.58 bits per heavy atom. The number of Topliss-reactive ketones (excluding diaryl/α,β-unsaturated/α-hetero) is 1. The summed E-state index contributed by atoms with van der Waals surface area (Å²) < 4.78 is 15.8. The van der Waals surface area contributed by atoms with Crippen molar-refractivity contribution in [3.05, 3.63) is 46.3 Å². The van der Waals surface area contributed by atoms with Crippen LogP contribution in [-0.2, 0) is 14.3 Å². The Morgan fingerprint density at radius 2 is 1.92 bits per heavy atom. The molecule has 0 radical (unpaired) electrons. The number of benzene rings is 1. The maximum absolute atomic E-state index is 12.8. The second-order valence-corrected chi connectivity index (χ2v) is 6.37. The Balaban J connectivity index is 2.24. The Bertz CT molecular complexity index is 821. The molecule has 3 rings (SSSR count). The van der Waals surface area contributed by atoms with E-state index in [0.717, 1.165) is 24.1 Å². The minimum absolute atomic E-state index is 0.0514. The van der Waals surface area contributed by atoms with E-state index < -0.39 is 11.9 Å². The highest BCUT2D eigenvalue weighted by Gasteiger charge is 2.40. The number of esters is 1. The molecule has 1 aromatic rings. The van der Waals surface area contributed by atoms with Gasteiger partial charge in [-0.2, -0.15) is 0 Å². The molecule has 6 heteroatoms. The highest BCUT2D eigenvalue weighted by Crippen LogP contribution is 2.45. The molecule has 138 valence electrons. The van der Waals surface area contributed by atoms with Crippen LogP contribution in [0.25, 0.3) is 0 Å². The molecule has 0 saturated heterocycles. The Morgan fingerprint density at radius 1 is 1.15 bits per heavy atom. The van der Waals surface area contributed by atoms with Crippen LogP contribution >= 0.6 is 0 Å². The van der Waals surface area contributed by atoms with Gasteiger partial charge < -0.3 is 19.5 Å². The number of carbonyl (C=O) groups excluding carboxylic acids is 2. The van der Waals surface area contributed by atoms with E-state index in [1.807, 2.05) is 13.0 Å². The van der Waals surface area contributed by atoms with E-state index in [4.69, 9.17) is 14.2 Å². The molecule has 1 N–H and O–H groups in total. The van der Waals surface area contributed by atoms with Gasteiger partial charge in [-0.15, -0.1) is 0 Å². The van der Waals surface area contributed by atoms with Gasteiger partial charge in [0, 0.05) is 35.0 Å². The van der Waals surface area contributed by atoms with Crippen molar-refractivity contribution in [1.29, 1.82) is 0 Å². The van der Waals surface area contributed by atoms with Crippen molar-refractivity contribution >= 4 is 11.8 Å². The lowest BCUT2D eigenvalue weighted by molar-refractivity contribution is -0.136. The van der Waals surface area contributed by atoms with Gasteiger partial charge >= 0.3 is 5.97 Å². The van der Waals surface area contributed by atoms with Gasteiger partial charge in [0.15, 0.2) is 5.78 Å². The normalized spacial score (nSPS) is 19.7. The first-order valence-electron chi connectivity index (χ1n) is 8.56. The average molecular weight is 357 g/mol. The second kappa shape index (κ2) is 7.23. The maximum atomic E-state index is 12.8. The fraction of sp³-hybridized carbons (Fsp3) is 0.400. The number of hydrogen-bond acceptors (Lipinski definition) is 6. The van der Waals surface area contributed by atoms with Crippen molar-refractivity contribution in [3.63, 3.8) is 0 Å². The van der Waals surface area contributed by atoms with Crippen LogP contribution in [0.2, 0.25) is 0 Å². The summed E-state index contributed by atoms with van der Waals surface area (Å²) in [5.41, 5.74) is 3.40. The van der Waals surface area contributed by atoms with Crippen LogP contribution in [0.15, 0.2) is 40.7 Å². The predicted molar refractivity (Wildman–Crippen MR) is 96.0 cm³/mol. The summed E-state index contributed by atoms with van der Waals surface area (Å²) in [6.45, 7) is 1.83. The molecule has 0 aromatic heterocycles. The van der Waals surface area contributed by atoms with E-state index in [2.05, 4.69) is 5.32 Å². The lowest BCUT2D eigenvalue weighted by Crippen LogP contribution is -2.34. The van der Waals surface area contributed by atoms with Crippen LogP contribution in [0.4, 0.5) is 0 Å². The zero-order valence-corrected chi connectivity index (χ0v) is 15.5. The first-order valence-corrected chi connectivity index (χ1v) is 8.56. The number of hydrogen-bond donors (Lipinski definition) is 1. The Hall–Kier alpha value is -2.76. The van der Waals surface area contributed by atoms with Crippen LogP contribution in [0, 0.1) is 0 Å². The summed E-state index contributed by atoms with van der Waals surface area (Å²) in [4.78, 5) is 25.3. The number of rotatable bonds is 4. The van der Waals surface area contributed by atoms with Gasteiger partial charge in [0.05, 0.1) is 32.8 Å². The molecule has 26 heavy (non-hydrogen) atoms. The first kappa shape index (κ1) is 18.0. The molecule has 1 heterocycles. The van der Waals surface area contributed by atoms with Crippen molar-refractivity contribution in [3.8, 4) is 11.5 Å². The molecule has 1 aliphatic heterocycles. The van der Waals surface area contributed by atoms with E-state index >= 15 is 0 Å². The lowest BCUT2D eigenvalue weighted by Gasteiger charge is -2.34. The summed E-state index contributed by atoms with van der Waals surface area (Å²) >= 11 is 0. The molecule has 0 saturated carbocycles. The van der Waals surface area contributed by atoms with Gasteiger partial charge in [0.25, 0.3) is 0 Å². The number of allylic oxidation sites excluding steroid dienone is 3. The summed E-state index contributed by atoms with van der Waals surface area (Å²) in [6.07, 6.45) is 2.06. The SMILES string of the molecule is COC(=O)C1=C(C)NC2=C(C(=O)CCC2)[C@@H]1c1ccc(OC)cc1OC. The molecule has 0 amide bonds. The van der Waals surface area contributed by atoms with Gasteiger partial charge in [-0.25, -0.2) is 4.79 Å². The number of nitrogens with one attached hydrogen (secondary N) is 1. The predicted octanol–water partition coefficient (Wildman–Crippen LogP) is 2.84. The molecule has 0 fully saturated rings. The number of dihydropyridines is 1. The zero-order valence-electron chi connectivity index (χ0n) is 15.5. The van der Waals surface area contributed by atoms with Gasteiger partial charge in [-0.1, -0.05) is 6.07 Å². The average Bonchev–Trinajstić information content (AvgIpc) is 2.66. The highest BCUT2D eigenvalue weighted by molar-refractivity contribution is 6.04. The lowest BCUT2D eigenvalue weighted by atomic mass is 9.75. The third-order valence-corrected chi connectivity index (χ3v) is 4.93. The fourth-order valence-corrected chi connectivity index (χ4v) is 3.73. The Kier molecular flexibility index (Phi) is 5.02. The molecule has 1 aromatic carbocycles. The highest BCUT2D eigenvalue weighted by atomic mass is 16.5. The first-order chi connectivity index (χ1) is 12.5. The molecule has 1 atom stereocenters. The Labute approximate surface area is 152 Å². The largest absolute Gasteiger partial charge is 0.497 e. The standard InChI is InChI=1S/C20H23NO5/c1-11-17(20(23)26-4)18(19-14(21-11)6-5-7-15(19)22)13-9-8-12(24-2)10-16(13)25-3/h8-10,18,21H,5-7H2,1-4H3/t18-/m1/s1. The van der Waals surface area contributed by atoms with Crippen LogP contribution in [0.3, 0.4) is 0 Å². The number of methoxy groups -OCH3 is 3.